The van der Waals surface area contributed by atoms with Crippen molar-refractivity contribution in [2.24, 2.45) is 0 Å². The molecular weight excluding hydrogens is 214 g/mol. The number of nitriles is 1. The standard InChI is InChI=1S/C12H17N5/c1-17(7-3-6-13)12-8-11(14-9-15-12)16-10-4-2-5-10/h8-10H,2-5,7H2,1H3,(H,14,15,16). The molecule has 1 fully saturated rings. The van der Waals surface area contributed by atoms with Gasteiger partial charge in [0, 0.05) is 25.7 Å². The van der Waals surface area contributed by atoms with Crippen molar-refractivity contribution in [2.45, 2.75) is 31.7 Å². The zero-order chi connectivity index (χ0) is 12.1. The van der Waals surface area contributed by atoms with Crippen LogP contribution >= 0.6 is 0 Å². The van der Waals surface area contributed by atoms with Crippen LogP contribution < -0.4 is 10.2 Å². The van der Waals surface area contributed by atoms with Gasteiger partial charge in [0.2, 0.25) is 0 Å². The van der Waals surface area contributed by atoms with Crippen molar-refractivity contribution in [1.82, 2.24) is 9.97 Å². The second-order valence-corrected chi connectivity index (χ2v) is 4.36. The molecule has 1 N–H and O–H groups in total. The summed E-state index contributed by atoms with van der Waals surface area (Å²) in [6, 6.07) is 4.64. The minimum Gasteiger partial charge on any atom is -0.367 e. The molecule has 0 unspecified atom stereocenters. The van der Waals surface area contributed by atoms with Gasteiger partial charge in [-0.2, -0.15) is 5.26 Å². The highest BCUT2D eigenvalue weighted by atomic mass is 15.2. The van der Waals surface area contributed by atoms with E-state index in [-0.39, 0.29) is 0 Å². The maximum atomic E-state index is 8.55. The topological polar surface area (TPSA) is 64.8 Å². The molecule has 1 saturated carbocycles. The highest BCUT2D eigenvalue weighted by molar-refractivity contribution is 5.48. The SMILES string of the molecule is CN(CCC#N)c1cc(NC2CCC2)ncn1. The molecule has 2 rings (SSSR count). The van der Waals surface area contributed by atoms with Gasteiger partial charge in [0.1, 0.15) is 18.0 Å². The second kappa shape index (κ2) is 5.48. The summed E-state index contributed by atoms with van der Waals surface area (Å²) in [6.45, 7) is 0.691. The molecule has 0 amide bonds. The number of hydrogen-bond acceptors (Lipinski definition) is 5. The molecule has 5 nitrogen and oxygen atoms in total. The Balaban J connectivity index is 1.97. The van der Waals surface area contributed by atoms with Gasteiger partial charge in [-0.3, -0.25) is 0 Å². The molecule has 5 heteroatoms. The van der Waals surface area contributed by atoms with Crippen molar-refractivity contribution in [2.75, 3.05) is 23.8 Å². The quantitative estimate of drug-likeness (QED) is 0.837. The normalized spacial score (nSPS) is 14.8. The third-order valence-corrected chi connectivity index (χ3v) is 3.06. The maximum absolute atomic E-state index is 8.55. The van der Waals surface area contributed by atoms with E-state index in [1.165, 1.54) is 19.3 Å². The van der Waals surface area contributed by atoms with Crippen LogP contribution in [-0.2, 0) is 0 Å². The van der Waals surface area contributed by atoms with Crippen LogP contribution in [-0.4, -0.2) is 29.6 Å². The lowest BCUT2D eigenvalue weighted by molar-refractivity contribution is 0.444. The summed E-state index contributed by atoms with van der Waals surface area (Å²) in [7, 11) is 1.94. The molecule has 1 heterocycles. The maximum Gasteiger partial charge on any atom is 0.133 e. The van der Waals surface area contributed by atoms with E-state index >= 15 is 0 Å². The van der Waals surface area contributed by atoms with Crippen molar-refractivity contribution in [1.29, 1.82) is 5.26 Å². The van der Waals surface area contributed by atoms with Crippen LogP contribution in [0.15, 0.2) is 12.4 Å². The fraction of sp³-hybridized carbons (Fsp3) is 0.583. The van der Waals surface area contributed by atoms with Crippen molar-refractivity contribution >= 4 is 11.6 Å². The van der Waals surface area contributed by atoms with Crippen LogP contribution in [0.1, 0.15) is 25.7 Å². The first-order valence-corrected chi connectivity index (χ1v) is 5.96. The number of nitrogens with one attached hydrogen (secondary N) is 1. The predicted molar refractivity (Wildman–Crippen MR) is 66.8 cm³/mol. The van der Waals surface area contributed by atoms with Gasteiger partial charge in [-0.25, -0.2) is 9.97 Å². The second-order valence-electron chi connectivity index (χ2n) is 4.36. The van der Waals surface area contributed by atoms with Crippen LogP contribution in [0.4, 0.5) is 11.6 Å². The third-order valence-electron chi connectivity index (χ3n) is 3.06. The molecule has 0 bridgehead atoms. The van der Waals surface area contributed by atoms with Crippen LogP contribution in [0.5, 0.6) is 0 Å². The Hall–Kier alpha value is -1.83. The van der Waals surface area contributed by atoms with Crippen molar-refractivity contribution < 1.29 is 0 Å². The summed E-state index contributed by atoms with van der Waals surface area (Å²) in [4.78, 5) is 10.4. The van der Waals surface area contributed by atoms with Gasteiger partial charge in [0.05, 0.1) is 12.5 Å². The minimum atomic E-state index is 0.506. The molecule has 0 saturated heterocycles. The summed E-state index contributed by atoms with van der Waals surface area (Å²) in [6.07, 6.45) is 5.83. The average molecular weight is 231 g/mol. The summed E-state index contributed by atoms with van der Waals surface area (Å²) in [5.41, 5.74) is 0. The summed E-state index contributed by atoms with van der Waals surface area (Å²) < 4.78 is 0. The average Bonchev–Trinajstić information content (AvgIpc) is 2.31. The van der Waals surface area contributed by atoms with E-state index in [0.717, 1.165) is 11.6 Å². The van der Waals surface area contributed by atoms with Gasteiger partial charge >= 0.3 is 0 Å². The Morgan fingerprint density at radius 3 is 3.00 bits per heavy atom. The van der Waals surface area contributed by atoms with Crippen molar-refractivity contribution in [3.05, 3.63) is 12.4 Å². The number of aromatic nitrogens is 2. The van der Waals surface area contributed by atoms with Crippen LogP contribution in [0.3, 0.4) is 0 Å². The first-order chi connectivity index (χ1) is 8.29. The van der Waals surface area contributed by atoms with Crippen LogP contribution in [0.2, 0.25) is 0 Å². The Morgan fingerprint density at radius 2 is 2.35 bits per heavy atom. The highest BCUT2D eigenvalue weighted by Crippen LogP contribution is 2.23. The number of nitrogens with zero attached hydrogens (tertiary/aromatic N) is 4. The zero-order valence-electron chi connectivity index (χ0n) is 10.1. The molecule has 0 aromatic carbocycles. The van der Waals surface area contributed by atoms with Gasteiger partial charge in [-0.15, -0.1) is 0 Å². The zero-order valence-corrected chi connectivity index (χ0v) is 10.1. The fourth-order valence-electron chi connectivity index (χ4n) is 1.73. The van der Waals surface area contributed by atoms with Gasteiger partial charge < -0.3 is 10.2 Å². The lowest BCUT2D eigenvalue weighted by Gasteiger charge is -2.27. The monoisotopic (exact) mass is 231 g/mol. The van der Waals surface area contributed by atoms with E-state index in [9.17, 15) is 0 Å². The van der Waals surface area contributed by atoms with Crippen molar-refractivity contribution in [3.8, 4) is 6.07 Å². The molecule has 1 aliphatic rings. The van der Waals surface area contributed by atoms with E-state index in [1.807, 2.05) is 18.0 Å². The van der Waals surface area contributed by atoms with E-state index in [0.29, 0.717) is 19.0 Å². The highest BCUT2D eigenvalue weighted by Gasteiger charge is 2.17. The molecule has 90 valence electrons. The third kappa shape index (κ3) is 3.06. The molecular formula is C12H17N5. The molecule has 0 radical (unpaired) electrons. The van der Waals surface area contributed by atoms with Crippen LogP contribution in [0, 0.1) is 11.3 Å². The molecule has 0 spiro atoms. The Kier molecular flexibility index (Phi) is 3.76. The van der Waals surface area contributed by atoms with E-state index in [1.54, 1.807) is 6.33 Å². The summed E-state index contributed by atoms with van der Waals surface area (Å²) >= 11 is 0. The largest absolute Gasteiger partial charge is 0.367 e. The number of anilines is 2. The van der Waals surface area contributed by atoms with E-state index < -0.39 is 0 Å². The lowest BCUT2D eigenvalue weighted by Crippen LogP contribution is -2.28. The fourth-order valence-corrected chi connectivity index (χ4v) is 1.73. The first kappa shape index (κ1) is 11.6. The minimum absolute atomic E-state index is 0.506. The Morgan fingerprint density at radius 1 is 1.53 bits per heavy atom. The van der Waals surface area contributed by atoms with Crippen LogP contribution in [0.25, 0.3) is 0 Å². The Bertz CT molecular complexity index is 408. The Labute approximate surface area is 101 Å². The summed E-state index contributed by atoms with van der Waals surface area (Å²) in [5, 5.41) is 11.9. The first-order valence-electron chi connectivity index (χ1n) is 5.96. The number of hydrogen-bond donors (Lipinski definition) is 1. The molecule has 0 aliphatic heterocycles. The van der Waals surface area contributed by atoms with Gasteiger partial charge in [-0.1, -0.05) is 0 Å². The molecule has 1 aliphatic carbocycles. The molecule has 17 heavy (non-hydrogen) atoms. The van der Waals surface area contributed by atoms with Gasteiger partial charge in [0.25, 0.3) is 0 Å². The predicted octanol–water partition coefficient (Wildman–Crippen LogP) is 1.79. The number of rotatable bonds is 5. The molecule has 1 aromatic rings. The molecule has 1 aromatic heterocycles. The smallest absolute Gasteiger partial charge is 0.133 e. The van der Waals surface area contributed by atoms with E-state index in [4.69, 9.17) is 5.26 Å². The van der Waals surface area contributed by atoms with Crippen molar-refractivity contribution in [3.63, 3.8) is 0 Å². The van der Waals surface area contributed by atoms with Gasteiger partial charge in [-0.05, 0) is 19.3 Å². The summed E-state index contributed by atoms with van der Waals surface area (Å²) in [5.74, 6) is 1.74. The van der Waals surface area contributed by atoms with Gasteiger partial charge in [0.15, 0.2) is 0 Å². The lowest BCUT2D eigenvalue weighted by atomic mass is 9.93. The van der Waals surface area contributed by atoms with E-state index in [2.05, 4.69) is 21.4 Å². The molecule has 0 atom stereocenters.